The Balaban J connectivity index is 2.38. The fraction of sp³-hybridized carbons (Fsp3) is 0.150. The molecule has 0 saturated heterocycles. The molecule has 0 aliphatic rings. The minimum atomic E-state index is -0.815. The number of carbonyl (C=O) groups is 1. The van der Waals surface area contributed by atoms with Crippen LogP contribution in [-0.4, -0.2) is 17.3 Å². The molecule has 0 heterocycles. The number of fused-ring (bicyclic) bond motifs is 1. The molecule has 0 amide bonds. The van der Waals surface area contributed by atoms with Gasteiger partial charge in [-0.05, 0) is 40.5 Å². The topological polar surface area (TPSA) is 49.3 Å². The molecule has 122 valence electrons. The number of aliphatic carboxylic acids is 1. The molecule has 3 aromatic rings. The zero-order chi connectivity index (χ0) is 17.1. The molecule has 3 nitrogen and oxygen atoms in total. The van der Waals surface area contributed by atoms with Gasteiger partial charge >= 0.3 is 5.97 Å². The second-order valence-electron chi connectivity index (χ2n) is 5.69. The van der Waals surface area contributed by atoms with E-state index in [2.05, 4.69) is 22.9 Å². The molecule has 3 rings (SSSR count). The van der Waals surface area contributed by atoms with E-state index in [-0.39, 0.29) is 6.42 Å². The van der Waals surface area contributed by atoms with Crippen LogP contribution in [0.5, 0.6) is 0 Å². The predicted octanol–water partition coefficient (Wildman–Crippen LogP) is 5.13. The molecular weight excluding hydrogens is 318 g/mol. The van der Waals surface area contributed by atoms with E-state index in [9.17, 15) is 9.90 Å². The highest BCUT2D eigenvalue weighted by atomic mass is 32.2. The van der Waals surface area contributed by atoms with Gasteiger partial charge in [-0.25, -0.2) is 0 Å². The van der Waals surface area contributed by atoms with Crippen molar-refractivity contribution in [3.05, 3.63) is 65.7 Å². The zero-order valence-corrected chi connectivity index (χ0v) is 14.5. The van der Waals surface area contributed by atoms with Crippen molar-refractivity contribution in [1.29, 1.82) is 0 Å². The van der Waals surface area contributed by atoms with Crippen molar-refractivity contribution in [3.63, 3.8) is 0 Å². The lowest BCUT2D eigenvalue weighted by molar-refractivity contribution is -0.136. The van der Waals surface area contributed by atoms with Crippen molar-refractivity contribution in [2.45, 2.75) is 13.3 Å². The summed E-state index contributed by atoms with van der Waals surface area (Å²) in [5.41, 5.74) is 4.90. The lowest BCUT2D eigenvalue weighted by Crippen LogP contribution is -2.05. The van der Waals surface area contributed by atoms with Crippen LogP contribution in [0, 0.1) is 6.92 Å². The summed E-state index contributed by atoms with van der Waals surface area (Å²) in [7, 11) is 0. The van der Waals surface area contributed by atoms with Gasteiger partial charge in [-0.3, -0.25) is 4.79 Å². The second kappa shape index (κ2) is 6.97. The monoisotopic (exact) mass is 337 g/mol. The maximum Gasteiger partial charge on any atom is 0.307 e. The Hall–Kier alpha value is -2.46. The van der Waals surface area contributed by atoms with E-state index >= 15 is 0 Å². The average molecular weight is 337 g/mol. The smallest absolute Gasteiger partial charge is 0.307 e. The highest BCUT2D eigenvalue weighted by molar-refractivity contribution is 7.99. The van der Waals surface area contributed by atoms with Crippen LogP contribution in [0.25, 0.3) is 21.9 Å². The van der Waals surface area contributed by atoms with Gasteiger partial charge in [0.15, 0.2) is 0 Å². The van der Waals surface area contributed by atoms with E-state index in [1.165, 1.54) is 11.9 Å². The molecule has 0 aliphatic heterocycles. The number of nitrogens with one attached hydrogen (secondary N) is 1. The zero-order valence-electron chi connectivity index (χ0n) is 13.7. The maximum atomic E-state index is 11.4. The highest BCUT2D eigenvalue weighted by Crippen LogP contribution is 2.39. The van der Waals surface area contributed by atoms with Gasteiger partial charge in [-0.2, -0.15) is 0 Å². The fourth-order valence-corrected chi connectivity index (χ4v) is 3.52. The number of para-hydroxylation sites is 1. The van der Waals surface area contributed by atoms with Crippen molar-refractivity contribution in [1.82, 2.24) is 0 Å². The molecule has 4 heteroatoms. The first-order valence-electron chi connectivity index (χ1n) is 7.73. The van der Waals surface area contributed by atoms with Crippen LogP contribution in [0.2, 0.25) is 0 Å². The van der Waals surface area contributed by atoms with E-state index in [0.29, 0.717) is 0 Å². The summed E-state index contributed by atoms with van der Waals surface area (Å²) in [6.45, 7) is 1.98. The van der Waals surface area contributed by atoms with Crippen molar-refractivity contribution < 1.29 is 9.90 Å². The molecule has 0 fully saturated rings. The molecule has 0 unspecified atom stereocenters. The summed E-state index contributed by atoms with van der Waals surface area (Å²) < 4.78 is 3.31. The first kappa shape index (κ1) is 16.4. The second-order valence-corrected chi connectivity index (χ2v) is 6.30. The van der Waals surface area contributed by atoms with Crippen LogP contribution in [-0.2, 0) is 11.2 Å². The van der Waals surface area contributed by atoms with Crippen LogP contribution in [0.1, 0.15) is 11.1 Å². The van der Waals surface area contributed by atoms with Crippen molar-refractivity contribution in [2.75, 3.05) is 11.0 Å². The largest absolute Gasteiger partial charge is 0.481 e. The molecule has 0 aliphatic carbocycles. The molecule has 0 radical (unpaired) electrons. The van der Waals surface area contributed by atoms with Gasteiger partial charge in [0, 0.05) is 11.8 Å². The molecule has 0 saturated carbocycles. The van der Waals surface area contributed by atoms with Crippen molar-refractivity contribution in [2.24, 2.45) is 0 Å². The summed E-state index contributed by atoms with van der Waals surface area (Å²) in [5.74, 6) is -0.815. The van der Waals surface area contributed by atoms with Crippen LogP contribution in [0.15, 0.2) is 54.6 Å². The van der Waals surface area contributed by atoms with Gasteiger partial charge in [0.1, 0.15) is 0 Å². The number of hydrogen-bond donors (Lipinski definition) is 2. The summed E-state index contributed by atoms with van der Waals surface area (Å²) >= 11 is 1.53. The number of hydrogen-bond acceptors (Lipinski definition) is 3. The summed E-state index contributed by atoms with van der Waals surface area (Å²) in [5, 5.41) is 11.6. The fourth-order valence-electron chi connectivity index (χ4n) is 3.12. The number of benzene rings is 3. The van der Waals surface area contributed by atoms with Crippen molar-refractivity contribution >= 4 is 34.4 Å². The lowest BCUT2D eigenvalue weighted by Gasteiger charge is -2.18. The molecule has 0 aromatic heterocycles. The van der Waals surface area contributed by atoms with Crippen LogP contribution in [0.4, 0.5) is 5.69 Å². The Kier molecular flexibility index (Phi) is 4.76. The molecule has 0 atom stereocenters. The van der Waals surface area contributed by atoms with Gasteiger partial charge in [-0.1, -0.05) is 60.5 Å². The van der Waals surface area contributed by atoms with E-state index < -0.39 is 5.97 Å². The van der Waals surface area contributed by atoms with Crippen molar-refractivity contribution in [3.8, 4) is 11.1 Å². The van der Waals surface area contributed by atoms with Gasteiger partial charge in [0.25, 0.3) is 0 Å². The van der Waals surface area contributed by atoms with E-state index in [0.717, 1.165) is 38.7 Å². The van der Waals surface area contributed by atoms with E-state index in [1.807, 2.05) is 49.6 Å². The number of anilines is 1. The van der Waals surface area contributed by atoms with E-state index in [4.69, 9.17) is 0 Å². The molecular formula is C20H19NO2S. The quantitative estimate of drug-likeness (QED) is 0.634. The third-order valence-electron chi connectivity index (χ3n) is 4.12. The SMILES string of the molecule is CSNc1ccccc1-c1c(CC(=O)O)c(C)cc2ccccc12. The van der Waals surface area contributed by atoms with Gasteiger partial charge in [-0.15, -0.1) is 0 Å². The summed E-state index contributed by atoms with van der Waals surface area (Å²) in [6, 6.07) is 18.2. The van der Waals surface area contributed by atoms with Crippen LogP contribution in [0.3, 0.4) is 0 Å². The number of rotatable bonds is 5. The molecule has 2 N–H and O–H groups in total. The number of carboxylic acids is 1. The Labute approximate surface area is 145 Å². The molecule has 3 aromatic carbocycles. The molecule has 0 spiro atoms. The van der Waals surface area contributed by atoms with E-state index in [1.54, 1.807) is 0 Å². The maximum absolute atomic E-state index is 11.4. The lowest BCUT2D eigenvalue weighted by atomic mass is 9.88. The predicted molar refractivity (Wildman–Crippen MR) is 103 cm³/mol. The summed E-state index contributed by atoms with van der Waals surface area (Å²) in [6.07, 6.45) is 1.99. The minimum Gasteiger partial charge on any atom is -0.481 e. The third-order valence-corrected chi connectivity index (χ3v) is 4.54. The van der Waals surface area contributed by atoms with Gasteiger partial charge < -0.3 is 9.83 Å². The Morgan fingerprint density at radius 2 is 1.83 bits per heavy atom. The van der Waals surface area contributed by atoms with Crippen LogP contribution < -0.4 is 4.72 Å². The highest BCUT2D eigenvalue weighted by Gasteiger charge is 2.17. The Morgan fingerprint density at radius 3 is 2.58 bits per heavy atom. The van der Waals surface area contributed by atoms with Crippen LogP contribution >= 0.6 is 11.9 Å². The minimum absolute atomic E-state index is 0.0135. The van der Waals surface area contributed by atoms with Gasteiger partial charge in [0.2, 0.25) is 0 Å². The molecule has 0 bridgehead atoms. The Morgan fingerprint density at radius 1 is 1.12 bits per heavy atom. The first-order chi connectivity index (χ1) is 11.6. The number of carboxylic acid groups (broad SMARTS) is 1. The Bertz CT molecular complexity index is 905. The normalized spacial score (nSPS) is 10.8. The number of aryl methyl sites for hydroxylation is 1. The third kappa shape index (κ3) is 3.10. The molecule has 24 heavy (non-hydrogen) atoms. The first-order valence-corrected chi connectivity index (χ1v) is 8.95. The van der Waals surface area contributed by atoms with Gasteiger partial charge in [0.05, 0.1) is 12.1 Å². The standard InChI is InChI=1S/C20H19NO2S/c1-13-11-14-7-3-4-8-15(14)20(17(13)12-19(22)23)16-9-5-6-10-18(16)21-24-2/h3-11,21H,12H2,1-2H3,(H,22,23). The average Bonchev–Trinajstić information content (AvgIpc) is 2.56. The summed E-state index contributed by atoms with van der Waals surface area (Å²) in [4.78, 5) is 11.4.